The van der Waals surface area contributed by atoms with Gasteiger partial charge in [0.05, 0.1) is 18.3 Å². The van der Waals surface area contributed by atoms with Crippen LogP contribution in [-0.4, -0.2) is 43.4 Å². The van der Waals surface area contributed by atoms with Gasteiger partial charge in [-0.15, -0.1) is 0 Å². The molecule has 0 radical (unpaired) electrons. The Balaban J connectivity index is 1.54. The van der Waals surface area contributed by atoms with Gasteiger partial charge in [0.25, 0.3) is 0 Å². The first kappa shape index (κ1) is 19.9. The SMILES string of the molecule is CC#COC1CCC2C3CCC(OCCCCCC)C(F)C3OC2C1F. The quantitative estimate of drug-likeness (QED) is 0.485. The van der Waals surface area contributed by atoms with E-state index in [1.807, 2.05) is 0 Å². The molecule has 5 heteroatoms. The molecule has 0 aromatic carbocycles. The van der Waals surface area contributed by atoms with E-state index in [0.29, 0.717) is 19.4 Å². The third-order valence-corrected chi connectivity index (χ3v) is 6.26. The van der Waals surface area contributed by atoms with Crippen LogP contribution in [-0.2, 0) is 14.2 Å². The number of rotatable bonds is 7. The number of alkyl halides is 2. The molecule has 148 valence electrons. The number of halogens is 2. The summed E-state index contributed by atoms with van der Waals surface area (Å²) in [6.07, 6.45) is 5.51. The van der Waals surface area contributed by atoms with Crippen molar-refractivity contribution in [1.29, 1.82) is 0 Å². The lowest BCUT2D eigenvalue weighted by atomic mass is 9.71. The minimum atomic E-state index is -1.24. The summed E-state index contributed by atoms with van der Waals surface area (Å²) in [7, 11) is 0. The van der Waals surface area contributed by atoms with Crippen molar-refractivity contribution in [3.63, 3.8) is 0 Å². The first-order chi connectivity index (χ1) is 12.7. The summed E-state index contributed by atoms with van der Waals surface area (Å²) in [5.74, 6) is 2.83. The van der Waals surface area contributed by atoms with E-state index in [9.17, 15) is 4.39 Å². The van der Waals surface area contributed by atoms with Crippen LogP contribution in [0.2, 0.25) is 0 Å². The number of hydrogen-bond acceptors (Lipinski definition) is 3. The van der Waals surface area contributed by atoms with Gasteiger partial charge in [0.2, 0.25) is 0 Å². The van der Waals surface area contributed by atoms with Crippen LogP contribution in [0.15, 0.2) is 0 Å². The van der Waals surface area contributed by atoms with Crippen molar-refractivity contribution in [2.75, 3.05) is 6.61 Å². The Hall–Kier alpha value is -0.860. The third-order valence-electron chi connectivity index (χ3n) is 6.26. The molecule has 8 unspecified atom stereocenters. The second kappa shape index (κ2) is 9.37. The van der Waals surface area contributed by atoms with Crippen LogP contribution >= 0.6 is 0 Å². The van der Waals surface area contributed by atoms with Crippen LogP contribution in [0.1, 0.15) is 65.2 Å². The molecule has 0 aromatic rings. The van der Waals surface area contributed by atoms with E-state index in [4.69, 9.17) is 14.2 Å². The van der Waals surface area contributed by atoms with Gasteiger partial charge in [0.15, 0.2) is 12.3 Å². The van der Waals surface area contributed by atoms with Crippen LogP contribution in [0.5, 0.6) is 0 Å². The summed E-state index contributed by atoms with van der Waals surface area (Å²) in [4.78, 5) is 0. The number of unbranched alkanes of at least 4 members (excludes halogenated alkanes) is 3. The molecule has 3 rings (SSSR count). The molecule has 0 amide bonds. The molecule has 3 aliphatic rings. The zero-order chi connectivity index (χ0) is 18.5. The normalized spacial score (nSPS) is 41.7. The first-order valence-electron chi connectivity index (χ1n) is 10.3. The summed E-state index contributed by atoms with van der Waals surface area (Å²) in [6, 6.07) is 0. The topological polar surface area (TPSA) is 27.7 Å². The predicted molar refractivity (Wildman–Crippen MR) is 96.1 cm³/mol. The Labute approximate surface area is 156 Å². The maximum atomic E-state index is 15.0. The Morgan fingerprint density at radius 1 is 0.923 bits per heavy atom. The van der Waals surface area contributed by atoms with E-state index in [2.05, 4.69) is 19.0 Å². The third kappa shape index (κ3) is 4.17. The van der Waals surface area contributed by atoms with Gasteiger partial charge in [-0.25, -0.2) is 8.78 Å². The van der Waals surface area contributed by atoms with Crippen molar-refractivity contribution in [2.45, 2.75) is 102 Å². The van der Waals surface area contributed by atoms with Crippen LogP contribution in [0.25, 0.3) is 0 Å². The van der Waals surface area contributed by atoms with Gasteiger partial charge in [0, 0.05) is 13.5 Å². The molecule has 0 N–H and O–H groups in total. The first-order valence-corrected chi connectivity index (χ1v) is 10.3. The van der Waals surface area contributed by atoms with E-state index in [1.165, 1.54) is 12.8 Å². The Kier molecular flexibility index (Phi) is 7.17. The van der Waals surface area contributed by atoms with Gasteiger partial charge in [-0.3, -0.25) is 0 Å². The maximum absolute atomic E-state index is 15.0. The summed E-state index contributed by atoms with van der Waals surface area (Å²) in [5.41, 5.74) is 0. The van der Waals surface area contributed by atoms with Crippen LogP contribution in [0.3, 0.4) is 0 Å². The van der Waals surface area contributed by atoms with Crippen molar-refractivity contribution in [3.8, 4) is 12.0 Å². The van der Waals surface area contributed by atoms with Crippen molar-refractivity contribution < 1.29 is 23.0 Å². The molecule has 2 saturated carbocycles. The summed E-state index contributed by atoms with van der Waals surface area (Å²) >= 11 is 0. The van der Waals surface area contributed by atoms with E-state index in [1.54, 1.807) is 6.92 Å². The second-order valence-electron chi connectivity index (χ2n) is 7.91. The summed E-state index contributed by atoms with van der Waals surface area (Å²) in [5, 5.41) is 0. The standard InChI is InChI=1S/C21H32F2O3/c1-3-5-6-7-13-25-17-11-9-15-14-8-10-16(24-12-4-2)18(22)20(14)26-21(15)19(17)23/h14-21H,3,5-11,13H2,1-2H3. The molecule has 26 heavy (non-hydrogen) atoms. The van der Waals surface area contributed by atoms with Gasteiger partial charge in [0.1, 0.15) is 12.2 Å². The molecule has 0 bridgehead atoms. The molecule has 1 aliphatic heterocycles. The fraction of sp³-hybridized carbons (Fsp3) is 0.905. The lowest BCUT2D eigenvalue weighted by Gasteiger charge is -2.37. The van der Waals surface area contributed by atoms with E-state index in [0.717, 1.165) is 25.7 Å². The van der Waals surface area contributed by atoms with Crippen LogP contribution < -0.4 is 0 Å². The maximum Gasteiger partial charge on any atom is 0.164 e. The van der Waals surface area contributed by atoms with Crippen LogP contribution in [0.4, 0.5) is 8.78 Å². The average molecular weight is 370 g/mol. The minimum Gasteiger partial charge on any atom is -0.440 e. The smallest absolute Gasteiger partial charge is 0.164 e. The Morgan fingerprint density at radius 2 is 1.58 bits per heavy atom. The van der Waals surface area contributed by atoms with E-state index in [-0.39, 0.29) is 11.8 Å². The molecule has 8 atom stereocenters. The molecule has 1 heterocycles. The highest BCUT2D eigenvalue weighted by Gasteiger charge is 2.57. The van der Waals surface area contributed by atoms with Crippen molar-refractivity contribution in [2.24, 2.45) is 11.8 Å². The molecule has 3 nitrogen and oxygen atoms in total. The number of hydrogen-bond donors (Lipinski definition) is 0. The Bertz CT molecular complexity index is 503. The van der Waals surface area contributed by atoms with Gasteiger partial charge < -0.3 is 14.2 Å². The second-order valence-corrected chi connectivity index (χ2v) is 7.91. The van der Waals surface area contributed by atoms with Crippen LogP contribution in [0, 0.1) is 23.9 Å². The van der Waals surface area contributed by atoms with Crippen molar-refractivity contribution in [3.05, 3.63) is 0 Å². The molecule has 0 spiro atoms. The van der Waals surface area contributed by atoms with Gasteiger partial charge >= 0.3 is 0 Å². The molecule has 0 aromatic heterocycles. The highest BCUT2D eigenvalue weighted by atomic mass is 19.1. The molecule has 3 fully saturated rings. The summed E-state index contributed by atoms with van der Waals surface area (Å²) < 4.78 is 46.9. The van der Waals surface area contributed by atoms with Gasteiger partial charge in [-0.05, 0) is 43.9 Å². The highest BCUT2D eigenvalue weighted by molar-refractivity contribution is 5.05. The van der Waals surface area contributed by atoms with E-state index >= 15 is 4.39 Å². The van der Waals surface area contributed by atoms with E-state index < -0.39 is 36.8 Å². The fourth-order valence-electron chi connectivity index (χ4n) is 4.90. The fourth-order valence-corrected chi connectivity index (χ4v) is 4.90. The monoisotopic (exact) mass is 370 g/mol. The zero-order valence-corrected chi connectivity index (χ0v) is 16.0. The molecule has 1 saturated heterocycles. The van der Waals surface area contributed by atoms with Gasteiger partial charge in [-0.2, -0.15) is 0 Å². The molecular formula is C21H32F2O3. The zero-order valence-electron chi connectivity index (χ0n) is 16.0. The lowest BCUT2D eigenvalue weighted by molar-refractivity contribution is -0.125. The average Bonchev–Trinajstić information content (AvgIpc) is 3.03. The van der Waals surface area contributed by atoms with Crippen molar-refractivity contribution in [1.82, 2.24) is 0 Å². The highest BCUT2D eigenvalue weighted by Crippen LogP contribution is 2.49. The number of ether oxygens (including phenoxy) is 3. The minimum absolute atomic E-state index is 0.0909. The van der Waals surface area contributed by atoms with Gasteiger partial charge in [-0.1, -0.05) is 32.1 Å². The lowest BCUT2D eigenvalue weighted by Crippen LogP contribution is -2.45. The number of fused-ring (bicyclic) bond motifs is 3. The largest absolute Gasteiger partial charge is 0.440 e. The molecular weight excluding hydrogens is 338 g/mol. The van der Waals surface area contributed by atoms with Crippen molar-refractivity contribution >= 4 is 0 Å². The Morgan fingerprint density at radius 3 is 2.23 bits per heavy atom. The summed E-state index contributed by atoms with van der Waals surface area (Å²) in [6.45, 7) is 4.43. The molecule has 2 aliphatic carbocycles. The predicted octanol–water partition coefficient (Wildman–Crippen LogP) is 4.58.